The van der Waals surface area contributed by atoms with Crippen LogP contribution in [0.1, 0.15) is 45.1 Å². The Hall–Kier alpha value is -2.27. The normalized spacial score (nSPS) is 12.8. The number of nitrogens with zero attached hydrogens (tertiary/aromatic N) is 3. The predicted molar refractivity (Wildman–Crippen MR) is 100 cm³/mol. The van der Waals surface area contributed by atoms with Gasteiger partial charge in [0.1, 0.15) is 5.82 Å². The minimum atomic E-state index is -0.0220. The van der Waals surface area contributed by atoms with Gasteiger partial charge in [-0.25, -0.2) is 4.98 Å². The third-order valence-electron chi connectivity index (χ3n) is 3.86. The van der Waals surface area contributed by atoms with Crippen molar-refractivity contribution < 1.29 is 0 Å². The summed E-state index contributed by atoms with van der Waals surface area (Å²) >= 11 is 1.42. The summed E-state index contributed by atoms with van der Waals surface area (Å²) in [6.07, 6.45) is 3.63. The summed E-state index contributed by atoms with van der Waals surface area (Å²) in [5, 5.41) is 4.31. The fourth-order valence-corrected chi connectivity index (χ4v) is 3.21. The van der Waals surface area contributed by atoms with E-state index in [1.54, 1.807) is 0 Å². The summed E-state index contributed by atoms with van der Waals surface area (Å²) in [6, 6.07) is 12.8. The SMILES string of the molecule is CC(Nc1nc(C(C)(C)C)ns1)c1ccc(-c2ccncc2)cc1. The molecule has 4 nitrogen and oxygen atoms in total. The molecule has 0 aliphatic carbocycles. The van der Waals surface area contributed by atoms with E-state index in [2.05, 4.69) is 71.6 Å². The highest BCUT2D eigenvalue weighted by Crippen LogP contribution is 2.27. The van der Waals surface area contributed by atoms with E-state index in [0.29, 0.717) is 0 Å². The van der Waals surface area contributed by atoms with Crippen molar-refractivity contribution in [1.82, 2.24) is 14.3 Å². The molecule has 2 heterocycles. The Morgan fingerprint density at radius 1 is 0.958 bits per heavy atom. The smallest absolute Gasteiger partial charge is 0.203 e. The Kier molecular flexibility index (Phi) is 4.62. The number of anilines is 1. The lowest BCUT2D eigenvalue weighted by atomic mass is 9.96. The quantitative estimate of drug-likeness (QED) is 0.721. The van der Waals surface area contributed by atoms with E-state index < -0.39 is 0 Å². The second-order valence-corrected chi connectivity index (χ2v) is 7.65. The largest absolute Gasteiger partial charge is 0.354 e. The van der Waals surface area contributed by atoms with E-state index in [9.17, 15) is 0 Å². The first-order valence-corrected chi connectivity index (χ1v) is 8.82. The predicted octanol–water partition coefficient (Wildman–Crippen LogP) is 5.07. The topological polar surface area (TPSA) is 50.7 Å². The van der Waals surface area contributed by atoms with Crippen LogP contribution in [0.2, 0.25) is 0 Å². The highest BCUT2D eigenvalue weighted by molar-refractivity contribution is 7.09. The number of nitrogens with one attached hydrogen (secondary N) is 1. The zero-order valence-corrected chi connectivity index (χ0v) is 15.3. The van der Waals surface area contributed by atoms with E-state index in [1.807, 2.05) is 24.5 Å². The van der Waals surface area contributed by atoms with E-state index in [4.69, 9.17) is 0 Å². The van der Waals surface area contributed by atoms with Crippen LogP contribution in [0.25, 0.3) is 11.1 Å². The van der Waals surface area contributed by atoms with Gasteiger partial charge in [0.25, 0.3) is 0 Å². The molecule has 0 radical (unpaired) electrons. The van der Waals surface area contributed by atoms with Gasteiger partial charge in [-0.15, -0.1) is 0 Å². The zero-order chi connectivity index (χ0) is 17.2. The van der Waals surface area contributed by atoms with Crippen LogP contribution in [0.5, 0.6) is 0 Å². The molecular formula is C19H22N4S. The summed E-state index contributed by atoms with van der Waals surface area (Å²) in [5.41, 5.74) is 3.57. The Bertz CT molecular complexity index is 788. The Balaban J connectivity index is 1.71. The summed E-state index contributed by atoms with van der Waals surface area (Å²) in [5.74, 6) is 0.884. The van der Waals surface area contributed by atoms with Crippen LogP contribution in [0.15, 0.2) is 48.8 Å². The zero-order valence-electron chi connectivity index (χ0n) is 14.4. The van der Waals surface area contributed by atoms with Gasteiger partial charge < -0.3 is 5.32 Å². The molecule has 1 N–H and O–H groups in total. The van der Waals surface area contributed by atoms with Crippen LogP contribution < -0.4 is 5.32 Å². The van der Waals surface area contributed by atoms with Gasteiger partial charge in [-0.3, -0.25) is 4.98 Å². The number of hydrogen-bond donors (Lipinski definition) is 1. The van der Waals surface area contributed by atoms with Crippen molar-refractivity contribution in [3.63, 3.8) is 0 Å². The van der Waals surface area contributed by atoms with Crippen molar-refractivity contribution in [1.29, 1.82) is 0 Å². The van der Waals surface area contributed by atoms with Crippen molar-refractivity contribution in [3.05, 3.63) is 60.2 Å². The molecule has 0 saturated carbocycles. The van der Waals surface area contributed by atoms with Gasteiger partial charge in [-0.2, -0.15) is 4.37 Å². The van der Waals surface area contributed by atoms with Crippen LogP contribution >= 0.6 is 11.5 Å². The van der Waals surface area contributed by atoms with E-state index in [0.717, 1.165) is 11.0 Å². The number of benzene rings is 1. The molecule has 0 aliphatic heterocycles. The molecule has 3 aromatic rings. The van der Waals surface area contributed by atoms with Gasteiger partial charge in [-0.05, 0) is 35.7 Å². The fourth-order valence-electron chi connectivity index (χ4n) is 2.36. The van der Waals surface area contributed by atoms with E-state index in [-0.39, 0.29) is 11.5 Å². The lowest BCUT2D eigenvalue weighted by molar-refractivity contribution is 0.555. The second-order valence-electron chi connectivity index (χ2n) is 6.90. The van der Waals surface area contributed by atoms with Gasteiger partial charge in [0, 0.05) is 29.3 Å². The number of hydrogen-bond acceptors (Lipinski definition) is 5. The lowest BCUT2D eigenvalue weighted by Gasteiger charge is -2.14. The van der Waals surface area contributed by atoms with Gasteiger partial charge >= 0.3 is 0 Å². The number of aromatic nitrogens is 3. The summed E-state index contributed by atoms with van der Waals surface area (Å²) in [4.78, 5) is 8.66. The maximum Gasteiger partial charge on any atom is 0.203 e. The van der Waals surface area contributed by atoms with Crippen LogP contribution in [0.4, 0.5) is 5.13 Å². The third-order valence-corrected chi connectivity index (χ3v) is 4.51. The first-order valence-electron chi connectivity index (χ1n) is 8.04. The number of pyridine rings is 1. The molecule has 24 heavy (non-hydrogen) atoms. The molecule has 3 rings (SSSR count). The molecule has 124 valence electrons. The summed E-state index contributed by atoms with van der Waals surface area (Å²) in [7, 11) is 0. The van der Waals surface area contributed by atoms with Crippen molar-refractivity contribution in [2.75, 3.05) is 5.32 Å². The molecule has 1 aromatic carbocycles. The first kappa shape index (κ1) is 16.6. The maximum atomic E-state index is 4.60. The van der Waals surface area contributed by atoms with Gasteiger partial charge in [0.2, 0.25) is 5.13 Å². The molecule has 2 aromatic heterocycles. The van der Waals surface area contributed by atoms with Crippen molar-refractivity contribution in [3.8, 4) is 11.1 Å². The highest BCUT2D eigenvalue weighted by atomic mass is 32.1. The molecule has 0 bridgehead atoms. The van der Waals surface area contributed by atoms with Crippen molar-refractivity contribution in [2.45, 2.75) is 39.2 Å². The molecule has 0 aliphatic rings. The average molecular weight is 338 g/mol. The molecule has 0 amide bonds. The van der Waals surface area contributed by atoms with Gasteiger partial charge in [0.15, 0.2) is 0 Å². The Morgan fingerprint density at radius 2 is 1.58 bits per heavy atom. The van der Waals surface area contributed by atoms with Crippen LogP contribution in [0, 0.1) is 0 Å². The third kappa shape index (κ3) is 3.79. The Labute approximate surface area is 147 Å². The molecule has 0 fully saturated rings. The van der Waals surface area contributed by atoms with Gasteiger partial charge in [-0.1, -0.05) is 45.0 Å². The molecule has 1 unspecified atom stereocenters. The minimum Gasteiger partial charge on any atom is -0.354 e. The molecule has 0 saturated heterocycles. The summed E-state index contributed by atoms with van der Waals surface area (Å²) < 4.78 is 4.45. The average Bonchev–Trinajstić information content (AvgIpc) is 3.05. The first-order chi connectivity index (χ1) is 11.4. The standard InChI is InChI=1S/C19H22N4S/c1-13(21-18-22-17(23-24-18)19(2,3)4)14-5-7-15(8-6-14)16-9-11-20-12-10-16/h5-13H,1-4H3,(H,21,22,23). The Morgan fingerprint density at radius 3 is 2.17 bits per heavy atom. The lowest BCUT2D eigenvalue weighted by Crippen LogP contribution is -2.13. The van der Waals surface area contributed by atoms with E-state index in [1.165, 1.54) is 28.2 Å². The van der Waals surface area contributed by atoms with Crippen LogP contribution in [0.3, 0.4) is 0 Å². The molecule has 5 heteroatoms. The van der Waals surface area contributed by atoms with Crippen molar-refractivity contribution >= 4 is 16.7 Å². The summed E-state index contributed by atoms with van der Waals surface area (Å²) in [6.45, 7) is 8.51. The van der Waals surface area contributed by atoms with Crippen LogP contribution in [-0.4, -0.2) is 14.3 Å². The van der Waals surface area contributed by atoms with Crippen LogP contribution in [-0.2, 0) is 5.41 Å². The highest BCUT2D eigenvalue weighted by Gasteiger charge is 2.20. The van der Waals surface area contributed by atoms with E-state index >= 15 is 0 Å². The monoisotopic (exact) mass is 338 g/mol. The second kappa shape index (κ2) is 6.69. The fraction of sp³-hybridized carbons (Fsp3) is 0.316. The van der Waals surface area contributed by atoms with Gasteiger partial charge in [0.05, 0.1) is 6.04 Å². The molecule has 0 spiro atoms. The molecule has 1 atom stereocenters. The minimum absolute atomic E-state index is 0.0220. The molecular weight excluding hydrogens is 316 g/mol. The number of rotatable bonds is 4. The maximum absolute atomic E-state index is 4.60. The van der Waals surface area contributed by atoms with Crippen molar-refractivity contribution in [2.24, 2.45) is 0 Å².